The fourth-order valence-corrected chi connectivity index (χ4v) is 3.87. The van der Waals surface area contributed by atoms with Crippen LogP contribution < -0.4 is 0 Å². The zero-order valence-electron chi connectivity index (χ0n) is 16.5. The summed E-state index contributed by atoms with van der Waals surface area (Å²) in [5, 5.41) is 0. The Bertz CT molecular complexity index is 936. The molecule has 150 valence electrons. The molecule has 1 aromatic carbocycles. The van der Waals surface area contributed by atoms with Crippen molar-refractivity contribution in [1.82, 2.24) is 19.7 Å². The first-order valence-corrected chi connectivity index (χ1v) is 9.89. The van der Waals surface area contributed by atoms with Gasteiger partial charge in [0.05, 0.1) is 11.1 Å². The summed E-state index contributed by atoms with van der Waals surface area (Å²) in [6, 6.07) is 9.25. The molecule has 2 aliphatic heterocycles. The first-order valence-electron chi connectivity index (χ1n) is 9.89. The lowest BCUT2D eigenvalue weighted by molar-refractivity contribution is -0.133. The van der Waals surface area contributed by atoms with Gasteiger partial charge in [0.15, 0.2) is 0 Å². The lowest BCUT2D eigenvalue weighted by Crippen LogP contribution is -2.49. The van der Waals surface area contributed by atoms with Gasteiger partial charge in [-0.3, -0.25) is 29.2 Å². The normalized spacial score (nSPS) is 17.0. The van der Waals surface area contributed by atoms with Crippen molar-refractivity contribution in [3.05, 3.63) is 65.0 Å². The number of hydrogen-bond donors (Lipinski definition) is 0. The Kier molecular flexibility index (Phi) is 5.40. The molecule has 0 bridgehead atoms. The molecule has 0 unspecified atom stereocenters. The van der Waals surface area contributed by atoms with Crippen LogP contribution in [-0.2, 0) is 11.3 Å². The Labute approximate surface area is 169 Å². The van der Waals surface area contributed by atoms with Crippen molar-refractivity contribution in [3.63, 3.8) is 0 Å². The lowest BCUT2D eigenvalue weighted by Gasteiger charge is -2.35. The van der Waals surface area contributed by atoms with Gasteiger partial charge in [-0.15, -0.1) is 0 Å². The fraction of sp³-hybridized carbons (Fsp3) is 0.364. The van der Waals surface area contributed by atoms with Crippen molar-refractivity contribution < 1.29 is 14.4 Å². The van der Waals surface area contributed by atoms with E-state index in [0.29, 0.717) is 24.2 Å². The van der Waals surface area contributed by atoms with E-state index in [9.17, 15) is 14.4 Å². The molecule has 2 aromatic rings. The number of rotatable bonds is 5. The predicted molar refractivity (Wildman–Crippen MR) is 107 cm³/mol. The van der Waals surface area contributed by atoms with Gasteiger partial charge >= 0.3 is 0 Å². The van der Waals surface area contributed by atoms with Crippen LogP contribution in [-0.4, -0.2) is 70.1 Å². The minimum absolute atomic E-state index is 0.0127. The first kappa shape index (κ1) is 19.3. The number of piperazine rings is 1. The van der Waals surface area contributed by atoms with Crippen LogP contribution in [0.4, 0.5) is 0 Å². The molecule has 3 amide bonds. The predicted octanol–water partition coefficient (Wildman–Crippen LogP) is 1.72. The summed E-state index contributed by atoms with van der Waals surface area (Å²) < 4.78 is 0. The highest BCUT2D eigenvalue weighted by Gasteiger charge is 2.35. The summed E-state index contributed by atoms with van der Waals surface area (Å²) in [5.74, 6) is -0.620. The van der Waals surface area contributed by atoms with Crippen LogP contribution in [0.15, 0.2) is 42.7 Å². The van der Waals surface area contributed by atoms with E-state index >= 15 is 0 Å². The number of pyridine rings is 1. The molecule has 4 rings (SSSR count). The van der Waals surface area contributed by atoms with Crippen LogP contribution in [0.1, 0.15) is 38.3 Å². The zero-order valence-corrected chi connectivity index (χ0v) is 16.5. The number of imide groups is 1. The van der Waals surface area contributed by atoms with Crippen LogP contribution in [0.2, 0.25) is 0 Å². The monoisotopic (exact) mass is 392 g/mol. The summed E-state index contributed by atoms with van der Waals surface area (Å²) >= 11 is 0. The van der Waals surface area contributed by atoms with E-state index in [1.165, 1.54) is 10.5 Å². The standard InChI is InChI=1S/C22H24N4O3/c1-16-2-3-18-19(14-16)22(29)26(21(18)28)9-6-20(27)25-12-10-24(11-13-25)15-17-4-7-23-8-5-17/h2-5,7-8,14H,6,9-13,15H2,1H3. The minimum atomic E-state index is -0.306. The molecule has 1 aromatic heterocycles. The quantitative estimate of drug-likeness (QED) is 0.725. The van der Waals surface area contributed by atoms with E-state index in [0.717, 1.165) is 25.2 Å². The SMILES string of the molecule is Cc1ccc2c(c1)C(=O)N(CCC(=O)N1CCN(Cc3ccncc3)CC1)C2=O. The highest BCUT2D eigenvalue weighted by Crippen LogP contribution is 2.24. The van der Waals surface area contributed by atoms with Crippen molar-refractivity contribution >= 4 is 17.7 Å². The van der Waals surface area contributed by atoms with Gasteiger partial charge in [0.25, 0.3) is 11.8 Å². The van der Waals surface area contributed by atoms with Crippen LogP contribution in [0, 0.1) is 6.92 Å². The van der Waals surface area contributed by atoms with Gasteiger partial charge < -0.3 is 4.90 Å². The van der Waals surface area contributed by atoms with Crippen molar-refractivity contribution in [2.45, 2.75) is 19.9 Å². The van der Waals surface area contributed by atoms with E-state index < -0.39 is 0 Å². The molecule has 29 heavy (non-hydrogen) atoms. The van der Waals surface area contributed by atoms with E-state index in [-0.39, 0.29) is 30.7 Å². The maximum absolute atomic E-state index is 12.6. The zero-order chi connectivity index (χ0) is 20.4. The summed E-state index contributed by atoms with van der Waals surface area (Å²) in [4.78, 5) is 47.0. The molecule has 0 aliphatic carbocycles. The maximum Gasteiger partial charge on any atom is 0.261 e. The first-order chi connectivity index (χ1) is 14.0. The Balaban J connectivity index is 1.28. The third-order valence-electron chi connectivity index (χ3n) is 5.56. The number of carbonyl (C=O) groups excluding carboxylic acids is 3. The van der Waals surface area contributed by atoms with Crippen molar-refractivity contribution in [1.29, 1.82) is 0 Å². The van der Waals surface area contributed by atoms with Gasteiger partial charge in [-0.25, -0.2) is 0 Å². The third-order valence-corrected chi connectivity index (χ3v) is 5.56. The smallest absolute Gasteiger partial charge is 0.261 e. The molecule has 0 N–H and O–H groups in total. The Morgan fingerprint density at radius 3 is 2.38 bits per heavy atom. The molecule has 0 saturated carbocycles. The number of hydrogen-bond acceptors (Lipinski definition) is 5. The van der Waals surface area contributed by atoms with Crippen LogP contribution >= 0.6 is 0 Å². The van der Waals surface area contributed by atoms with Gasteiger partial charge in [0, 0.05) is 58.1 Å². The largest absolute Gasteiger partial charge is 0.340 e. The van der Waals surface area contributed by atoms with Crippen LogP contribution in [0.3, 0.4) is 0 Å². The average Bonchev–Trinajstić information content (AvgIpc) is 2.97. The Hall–Kier alpha value is -3.06. The third kappa shape index (κ3) is 4.05. The summed E-state index contributed by atoms with van der Waals surface area (Å²) in [7, 11) is 0. The summed E-state index contributed by atoms with van der Waals surface area (Å²) in [6.45, 7) is 5.79. The molecule has 1 saturated heterocycles. The van der Waals surface area contributed by atoms with Crippen molar-refractivity contribution in [2.24, 2.45) is 0 Å². The van der Waals surface area contributed by atoms with E-state index in [4.69, 9.17) is 0 Å². The Morgan fingerprint density at radius 1 is 0.966 bits per heavy atom. The molecular formula is C22H24N4O3. The van der Waals surface area contributed by atoms with Gasteiger partial charge in [0.1, 0.15) is 0 Å². The molecule has 1 fully saturated rings. The van der Waals surface area contributed by atoms with Crippen molar-refractivity contribution in [2.75, 3.05) is 32.7 Å². The molecule has 3 heterocycles. The van der Waals surface area contributed by atoms with E-state index in [1.807, 2.05) is 30.0 Å². The van der Waals surface area contributed by atoms with Crippen LogP contribution in [0.5, 0.6) is 0 Å². The molecule has 0 spiro atoms. The van der Waals surface area contributed by atoms with E-state index in [2.05, 4.69) is 9.88 Å². The highest BCUT2D eigenvalue weighted by atomic mass is 16.2. The van der Waals surface area contributed by atoms with Gasteiger partial charge in [-0.05, 0) is 36.8 Å². The topological polar surface area (TPSA) is 73.8 Å². The second-order valence-corrected chi connectivity index (χ2v) is 7.57. The molecule has 2 aliphatic rings. The summed E-state index contributed by atoms with van der Waals surface area (Å²) in [6.07, 6.45) is 3.74. The maximum atomic E-state index is 12.6. The second-order valence-electron chi connectivity index (χ2n) is 7.57. The Morgan fingerprint density at radius 2 is 1.66 bits per heavy atom. The number of benzene rings is 1. The highest BCUT2D eigenvalue weighted by molar-refractivity contribution is 6.21. The molecule has 0 radical (unpaired) electrons. The molecular weight excluding hydrogens is 368 g/mol. The van der Waals surface area contributed by atoms with Crippen molar-refractivity contribution in [3.8, 4) is 0 Å². The number of aromatic nitrogens is 1. The fourth-order valence-electron chi connectivity index (χ4n) is 3.87. The average molecular weight is 392 g/mol. The number of fused-ring (bicyclic) bond motifs is 1. The van der Waals surface area contributed by atoms with Crippen LogP contribution in [0.25, 0.3) is 0 Å². The lowest BCUT2D eigenvalue weighted by atomic mass is 10.1. The summed E-state index contributed by atoms with van der Waals surface area (Å²) in [5.41, 5.74) is 3.01. The molecule has 0 atom stereocenters. The second kappa shape index (κ2) is 8.13. The minimum Gasteiger partial charge on any atom is -0.340 e. The number of carbonyl (C=O) groups is 3. The number of nitrogens with zero attached hydrogens (tertiary/aromatic N) is 4. The molecule has 7 nitrogen and oxygen atoms in total. The number of aryl methyl sites for hydroxylation is 1. The van der Waals surface area contributed by atoms with Gasteiger partial charge in [-0.2, -0.15) is 0 Å². The van der Waals surface area contributed by atoms with E-state index in [1.54, 1.807) is 24.5 Å². The number of amides is 3. The van der Waals surface area contributed by atoms with Gasteiger partial charge in [0.2, 0.25) is 5.91 Å². The molecule has 7 heteroatoms. The van der Waals surface area contributed by atoms with Gasteiger partial charge in [-0.1, -0.05) is 11.6 Å².